The van der Waals surface area contributed by atoms with Gasteiger partial charge >= 0.3 is 5.97 Å². The zero-order valence-corrected chi connectivity index (χ0v) is 11.7. The fourth-order valence-corrected chi connectivity index (χ4v) is 1.74. The Morgan fingerprint density at radius 3 is 2.33 bits per heavy atom. The minimum Gasteiger partial charge on any atom is -0.489 e. The number of rotatable bonds is 5. The third-order valence-corrected chi connectivity index (χ3v) is 2.85. The van der Waals surface area contributed by atoms with E-state index in [4.69, 9.17) is 14.7 Å². The molecule has 4 nitrogen and oxygen atoms in total. The van der Waals surface area contributed by atoms with E-state index in [1.807, 2.05) is 12.1 Å². The molecule has 2 rings (SSSR count). The van der Waals surface area contributed by atoms with Crippen molar-refractivity contribution in [1.82, 2.24) is 0 Å². The number of carbonyl (C=O) groups excluding carboxylic acids is 1. The monoisotopic (exact) mass is 281 g/mol. The summed E-state index contributed by atoms with van der Waals surface area (Å²) in [6.45, 7) is 2.53. The number of nitrogens with zero attached hydrogens (tertiary/aromatic N) is 1. The van der Waals surface area contributed by atoms with Crippen LogP contribution in [0.5, 0.6) is 5.75 Å². The Morgan fingerprint density at radius 2 is 1.76 bits per heavy atom. The van der Waals surface area contributed by atoms with Crippen LogP contribution in [0.25, 0.3) is 0 Å². The summed E-state index contributed by atoms with van der Waals surface area (Å²) in [4.78, 5) is 11.5. The second-order valence-corrected chi connectivity index (χ2v) is 4.34. The molecule has 106 valence electrons. The molecule has 0 fully saturated rings. The fraction of sp³-hybridized carbons (Fsp3) is 0.176. The molecule has 21 heavy (non-hydrogen) atoms. The van der Waals surface area contributed by atoms with E-state index in [-0.39, 0.29) is 5.97 Å². The van der Waals surface area contributed by atoms with Gasteiger partial charge in [-0.2, -0.15) is 5.26 Å². The summed E-state index contributed by atoms with van der Waals surface area (Å²) in [5, 5.41) is 8.73. The summed E-state index contributed by atoms with van der Waals surface area (Å²) < 4.78 is 10.5. The highest BCUT2D eigenvalue weighted by Gasteiger charge is 2.05. The van der Waals surface area contributed by atoms with Crippen LogP contribution in [0.1, 0.15) is 28.4 Å². The highest BCUT2D eigenvalue weighted by atomic mass is 16.5. The first-order valence-electron chi connectivity index (χ1n) is 6.62. The molecule has 0 saturated carbocycles. The lowest BCUT2D eigenvalue weighted by atomic mass is 10.1. The maximum absolute atomic E-state index is 11.5. The Balaban J connectivity index is 1.94. The first kappa shape index (κ1) is 14.6. The van der Waals surface area contributed by atoms with Crippen molar-refractivity contribution < 1.29 is 14.3 Å². The van der Waals surface area contributed by atoms with E-state index in [0.717, 1.165) is 5.56 Å². The van der Waals surface area contributed by atoms with E-state index >= 15 is 0 Å². The van der Waals surface area contributed by atoms with Crippen molar-refractivity contribution in [3.8, 4) is 11.8 Å². The van der Waals surface area contributed by atoms with Gasteiger partial charge in [-0.3, -0.25) is 0 Å². The summed E-state index contributed by atoms with van der Waals surface area (Å²) in [5.74, 6) is 0.337. The maximum Gasteiger partial charge on any atom is 0.338 e. The lowest BCUT2D eigenvalue weighted by Gasteiger charge is -2.07. The molecule has 0 amide bonds. The first-order chi connectivity index (χ1) is 10.2. The van der Waals surface area contributed by atoms with Crippen LogP contribution in [-0.2, 0) is 11.3 Å². The molecule has 0 N–H and O–H groups in total. The number of hydrogen-bond acceptors (Lipinski definition) is 4. The largest absolute Gasteiger partial charge is 0.489 e. The Hall–Kier alpha value is -2.80. The highest BCUT2D eigenvalue weighted by molar-refractivity contribution is 5.89. The van der Waals surface area contributed by atoms with Gasteiger partial charge in [0.2, 0.25) is 0 Å². The third kappa shape index (κ3) is 4.08. The fourth-order valence-electron chi connectivity index (χ4n) is 1.74. The molecular weight excluding hydrogens is 266 g/mol. The molecule has 0 bridgehead atoms. The van der Waals surface area contributed by atoms with Gasteiger partial charge in [0.15, 0.2) is 0 Å². The van der Waals surface area contributed by atoms with Crippen molar-refractivity contribution in [3.05, 3.63) is 65.2 Å². The van der Waals surface area contributed by atoms with Crippen LogP contribution < -0.4 is 4.74 Å². The summed E-state index contributed by atoms with van der Waals surface area (Å²) in [7, 11) is 0. The van der Waals surface area contributed by atoms with Gasteiger partial charge < -0.3 is 9.47 Å². The van der Waals surface area contributed by atoms with Crippen LogP contribution in [0.4, 0.5) is 0 Å². The predicted octanol–water partition coefficient (Wildman–Crippen LogP) is 3.31. The second kappa shape index (κ2) is 7.11. The summed E-state index contributed by atoms with van der Waals surface area (Å²) >= 11 is 0. The minimum absolute atomic E-state index is 0.337. The number of carbonyl (C=O) groups is 1. The molecule has 2 aromatic rings. The van der Waals surface area contributed by atoms with E-state index in [9.17, 15) is 4.79 Å². The van der Waals surface area contributed by atoms with Gasteiger partial charge in [-0.1, -0.05) is 12.1 Å². The van der Waals surface area contributed by atoms with Gasteiger partial charge in [0.25, 0.3) is 0 Å². The SMILES string of the molecule is CCOC(=O)c1ccc(OCc2ccc(C#N)cc2)cc1. The molecule has 0 aliphatic heterocycles. The van der Waals surface area contributed by atoms with E-state index < -0.39 is 0 Å². The van der Waals surface area contributed by atoms with Gasteiger partial charge in [0.1, 0.15) is 12.4 Å². The first-order valence-corrected chi connectivity index (χ1v) is 6.62. The molecular formula is C17H15NO3. The minimum atomic E-state index is -0.337. The zero-order chi connectivity index (χ0) is 15.1. The number of benzene rings is 2. The molecule has 0 heterocycles. The summed E-state index contributed by atoms with van der Waals surface area (Å²) in [5.41, 5.74) is 2.10. The molecule has 0 aliphatic rings. The van der Waals surface area contributed by atoms with Crippen LogP contribution in [-0.4, -0.2) is 12.6 Å². The molecule has 0 aromatic heterocycles. The maximum atomic E-state index is 11.5. The van der Waals surface area contributed by atoms with Crippen LogP contribution in [0.2, 0.25) is 0 Å². The number of esters is 1. The molecule has 0 atom stereocenters. The van der Waals surface area contributed by atoms with Crippen molar-refractivity contribution in [3.63, 3.8) is 0 Å². The van der Waals surface area contributed by atoms with Gasteiger partial charge in [-0.25, -0.2) is 4.79 Å². The topological polar surface area (TPSA) is 59.3 Å². The Morgan fingerprint density at radius 1 is 1.10 bits per heavy atom. The van der Waals surface area contributed by atoms with E-state index in [1.165, 1.54) is 0 Å². The molecule has 2 aromatic carbocycles. The summed E-state index contributed by atoms with van der Waals surface area (Å²) in [6.07, 6.45) is 0. The number of nitriles is 1. The molecule has 0 radical (unpaired) electrons. The predicted molar refractivity (Wildman–Crippen MR) is 77.9 cm³/mol. The van der Waals surface area contributed by atoms with Crippen molar-refractivity contribution in [1.29, 1.82) is 5.26 Å². The van der Waals surface area contributed by atoms with Crippen LogP contribution in [0, 0.1) is 11.3 Å². The average Bonchev–Trinajstić information content (AvgIpc) is 2.54. The molecule has 0 spiro atoms. The highest BCUT2D eigenvalue weighted by Crippen LogP contribution is 2.15. The van der Waals surface area contributed by atoms with Crippen LogP contribution in [0.15, 0.2) is 48.5 Å². The average molecular weight is 281 g/mol. The third-order valence-electron chi connectivity index (χ3n) is 2.85. The smallest absolute Gasteiger partial charge is 0.338 e. The normalized spacial score (nSPS) is 9.71. The molecule has 0 saturated heterocycles. The Bertz CT molecular complexity index is 639. The number of hydrogen-bond donors (Lipinski definition) is 0. The van der Waals surface area contributed by atoms with E-state index in [0.29, 0.717) is 30.1 Å². The van der Waals surface area contributed by atoms with Crippen molar-refractivity contribution >= 4 is 5.97 Å². The van der Waals surface area contributed by atoms with Crippen LogP contribution in [0.3, 0.4) is 0 Å². The van der Waals surface area contributed by atoms with Crippen LogP contribution >= 0.6 is 0 Å². The summed E-state index contributed by atoms with van der Waals surface area (Å²) in [6, 6.07) is 16.1. The van der Waals surface area contributed by atoms with Gasteiger partial charge in [-0.05, 0) is 48.9 Å². The standard InChI is InChI=1S/C17H15NO3/c1-2-20-17(19)15-7-9-16(10-8-15)21-12-14-5-3-13(11-18)4-6-14/h3-10H,2,12H2,1H3. The Kier molecular flexibility index (Phi) is 4.94. The zero-order valence-electron chi connectivity index (χ0n) is 11.7. The van der Waals surface area contributed by atoms with Crippen molar-refractivity contribution in [2.75, 3.05) is 6.61 Å². The van der Waals surface area contributed by atoms with Crippen molar-refractivity contribution in [2.24, 2.45) is 0 Å². The second-order valence-electron chi connectivity index (χ2n) is 4.34. The lowest BCUT2D eigenvalue weighted by molar-refractivity contribution is 0.0526. The van der Waals surface area contributed by atoms with E-state index in [2.05, 4.69) is 6.07 Å². The molecule has 0 aliphatic carbocycles. The lowest BCUT2D eigenvalue weighted by Crippen LogP contribution is -2.04. The van der Waals surface area contributed by atoms with Gasteiger partial charge in [0.05, 0.1) is 23.8 Å². The Labute approximate surface area is 123 Å². The van der Waals surface area contributed by atoms with Gasteiger partial charge in [-0.15, -0.1) is 0 Å². The van der Waals surface area contributed by atoms with E-state index in [1.54, 1.807) is 43.3 Å². The molecule has 4 heteroatoms. The van der Waals surface area contributed by atoms with Crippen molar-refractivity contribution in [2.45, 2.75) is 13.5 Å². The van der Waals surface area contributed by atoms with Gasteiger partial charge in [0, 0.05) is 0 Å². The quantitative estimate of drug-likeness (QED) is 0.789. The number of ether oxygens (including phenoxy) is 2. The molecule has 0 unspecified atom stereocenters.